The summed E-state index contributed by atoms with van der Waals surface area (Å²) in [5, 5.41) is 12.5. The van der Waals surface area contributed by atoms with Gasteiger partial charge in [0.2, 0.25) is 0 Å². The van der Waals surface area contributed by atoms with Crippen molar-refractivity contribution >= 4 is 28.6 Å². The smallest absolute Gasteiger partial charge is 0.141 e. The number of fused-ring (bicyclic) bond motifs is 2. The summed E-state index contributed by atoms with van der Waals surface area (Å²) in [5.41, 5.74) is 7.72. The highest BCUT2D eigenvalue weighted by molar-refractivity contribution is 8.03. The van der Waals surface area contributed by atoms with E-state index in [4.69, 9.17) is 5.26 Å². The van der Waals surface area contributed by atoms with Crippen molar-refractivity contribution in [3.8, 4) is 27.7 Å². The van der Waals surface area contributed by atoms with Crippen LogP contribution in [0, 0.1) is 22.3 Å². The Morgan fingerprint density at radius 3 is 2.06 bits per heavy atom. The number of allylic oxidation sites excluding steroid dienone is 1. The second-order valence-corrected chi connectivity index (χ2v) is 9.18. The SMILES string of the molecule is CCCC1=Cc2cc(-c3ccc4cc(-c5cc(F)c(SC#N)c(F)c5)ccc4c3)ccc2C1. The van der Waals surface area contributed by atoms with Crippen LogP contribution in [-0.2, 0) is 6.42 Å². The minimum Gasteiger partial charge on any atom is -0.206 e. The molecule has 5 rings (SSSR count). The van der Waals surface area contributed by atoms with Crippen LogP contribution < -0.4 is 0 Å². The molecule has 0 heterocycles. The molecule has 0 unspecified atom stereocenters. The van der Waals surface area contributed by atoms with Crippen LogP contribution in [-0.4, -0.2) is 0 Å². The van der Waals surface area contributed by atoms with Crippen LogP contribution in [0.25, 0.3) is 39.1 Å². The highest BCUT2D eigenvalue weighted by Gasteiger charge is 2.15. The van der Waals surface area contributed by atoms with Gasteiger partial charge in [0.15, 0.2) is 0 Å². The van der Waals surface area contributed by atoms with Gasteiger partial charge in [-0.2, -0.15) is 5.26 Å². The Morgan fingerprint density at radius 1 is 0.818 bits per heavy atom. The Bertz CT molecular complexity index is 1440. The van der Waals surface area contributed by atoms with E-state index in [1.165, 1.54) is 40.8 Å². The number of hydrogen-bond donors (Lipinski definition) is 0. The van der Waals surface area contributed by atoms with Crippen LogP contribution in [0.4, 0.5) is 8.78 Å². The van der Waals surface area contributed by atoms with Crippen LogP contribution in [0.3, 0.4) is 0 Å². The molecule has 1 nitrogen and oxygen atoms in total. The number of hydrogen-bond acceptors (Lipinski definition) is 2. The van der Waals surface area contributed by atoms with Crippen molar-refractivity contribution in [2.75, 3.05) is 0 Å². The third-order valence-corrected chi connectivity index (χ3v) is 6.83. The minimum absolute atomic E-state index is 0.266. The number of halogens is 2. The highest BCUT2D eigenvalue weighted by Crippen LogP contribution is 2.34. The normalized spacial score (nSPS) is 12.5. The van der Waals surface area contributed by atoms with E-state index in [1.54, 1.807) is 5.40 Å². The van der Waals surface area contributed by atoms with E-state index in [-0.39, 0.29) is 4.90 Å². The van der Waals surface area contributed by atoms with E-state index in [0.29, 0.717) is 17.3 Å². The predicted molar refractivity (Wildman–Crippen MR) is 133 cm³/mol. The maximum atomic E-state index is 14.3. The van der Waals surface area contributed by atoms with Crippen LogP contribution in [0.5, 0.6) is 0 Å². The average molecular weight is 454 g/mol. The number of nitrogens with zero attached hydrogens (tertiary/aromatic N) is 1. The summed E-state index contributed by atoms with van der Waals surface area (Å²) in [6.45, 7) is 2.21. The molecule has 4 aromatic carbocycles. The summed E-state index contributed by atoms with van der Waals surface area (Å²) in [6, 6.07) is 21.3. The zero-order valence-corrected chi connectivity index (χ0v) is 19.0. The maximum absolute atomic E-state index is 14.3. The molecule has 33 heavy (non-hydrogen) atoms. The van der Waals surface area contributed by atoms with Gasteiger partial charge in [0.25, 0.3) is 0 Å². The Labute approximate surface area is 196 Å². The van der Waals surface area contributed by atoms with Gasteiger partial charge in [-0.05, 0) is 99.1 Å². The molecule has 0 spiro atoms. The van der Waals surface area contributed by atoms with Gasteiger partial charge in [-0.15, -0.1) is 0 Å². The molecule has 0 amide bonds. The predicted octanol–water partition coefficient (Wildman–Crippen LogP) is 8.76. The summed E-state index contributed by atoms with van der Waals surface area (Å²) in [7, 11) is 0. The monoisotopic (exact) mass is 453 g/mol. The molecule has 0 bridgehead atoms. The lowest BCUT2D eigenvalue weighted by atomic mass is 9.96. The number of nitriles is 1. The van der Waals surface area contributed by atoms with Gasteiger partial charge < -0.3 is 0 Å². The molecule has 0 aliphatic heterocycles. The fourth-order valence-electron chi connectivity index (χ4n) is 4.54. The molecule has 0 atom stereocenters. The van der Waals surface area contributed by atoms with Crippen LogP contribution in [0.1, 0.15) is 30.9 Å². The van der Waals surface area contributed by atoms with Gasteiger partial charge in [0.05, 0.1) is 4.90 Å². The van der Waals surface area contributed by atoms with Crippen molar-refractivity contribution < 1.29 is 8.78 Å². The third-order valence-electron chi connectivity index (χ3n) is 6.15. The zero-order valence-electron chi connectivity index (χ0n) is 18.2. The van der Waals surface area contributed by atoms with Crippen LogP contribution >= 0.6 is 11.8 Å². The molecular formula is C29H21F2NS. The molecule has 0 fully saturated rings. The molecular weight excluding hydrogens is 432 g/mol. The second-order valence-electron chi connectivity index (χ2n) is 8.38. The number of thioether (sulfide) groups is 1. The summed E-state index contributed by atoms with van der Waals surface area (Å²) in [6.07, 6.45) is 5.70. The Hall–Kier alpha value is -3.42. The van der Waals surface area contributed by atoms with E-state index in [9.17, 15) is 8.78 Å². The molecule has 0 aromatic heterocycles. The first-order valence-electron chi connectivity index (χ1n) is 11.0. The van der Waals surface area contributed by atoms with Gasteiger partial charge in [-0.25, -0.2) is 8.78 Å². The molecule has 1 aliphatic rings. The molecule has 0 saturated heterocycles. The van der Waals surface area contributed by atoms with E-state index in [1.807, 2.05) is 24.3 Å². The summed E-state index contributed by atoms with van der Waals surface area (Å²) in [4.78, 5) is -0.266. The fraction of sp³-hybridized carbons (Fsp3) is 0.138. The van der Waals surface area contributed by atoms with E-state index in [2.05, 4.69) is 43.3 Å². The van der Waals surface area contributed by atoms with Crippen LogP contribution in [0.2, 0.25) is 0 Å². The van der Waals surface area contributed by atoms with Gasteiger partial charge in [0, 0.05) is 0 Å². The molecule has 0 saturated carbocycles. The fourth-order valence-corrected chi connectivity index (χ4v) is 4.95. The third kappa shape index (κ3) is 4.17. The lowest BCUT2D eigenvalue weighted by Crippen LogP contribution is -1.90. The first-order chi connectivity index (χ1) is 16.1. The molecule has 1 aliphatic carbocycles. The van der Waals surface area contributed by atoms with Gasteiger partial charge in [0.1, 0.15) is 17.0 Å². The van der Waals surface area contributed by atoms with Gasteiger partial charge >= 0.3 is 0 Å². The van der Waals surface area contributed by atoms with E-state index in [0.717, 1.165) is 34.7 Å². The quantitative estimate of drug-likeness (QED) is 0.223. The average Bonchev–Trinajstić information content (AvgIpc) is 3.22. The van der Waals surface area contributed by atoms with Crippen molar-refractivity contribution in [2.24, 2.45) is 0 Å². The molecule has 4 aromatic rings. The maximum Gasteiger partial charge on any atom is 0.141 e. The van der Waals surface area contributed by atoms with Gasteiger partial charge in [-0.1, -0.05) is 61.4 Å². The van der Waals surface area contributed by atoms with E-state index >= 15 is 0 Å². The topological polar surface area (TPSA) is 23.8 Å². The zero-order chi connectivity index (χ0) is 22.9. The summed E-state index contributed by atoms with van der Waals surface area (Å²) >= 11 is 0.496. The van der Waals surface area contributed by atoms with Crippen molar-refractivity contribution in [1.82, 2.24) is 0 Å². The van der Waals surface area contributed by atoms with Crippen molar-refractivity contribution in [2.45, 2.75) is 31.1 Å². The first kappa shape index (κ1) is 21.4. The van der Waals surface area contributed by atoms with E-state index < -0.39 is 11.6 Å². The minimum atomic E-state index is -0.722. The molecule has 0 N–H and O–H groups in total. The highest BCUT2D eigenvalue weighted by atomic mass is 32.2. The summed E-state index contributed by atoms with van der Waals surface area (Å²) in [5.74, 6) is -1.44. The molecule has 162 valence electrons. The lowest BCUT2D eigenvalue weighted by Gasteiger charge is -2.09. The first-order valence-corrected chi connectivity index (χ1v) is 11.8. The number of benzene rings is 4. The number of rotatable bonds is 5. The van der Waals surface area contributed by atoms with Crippen LogP contribution in [0.15, 0.2) is 77.2 Å². The lowest BCUT2D eigenvalue weighted by molar-refractivity contribution is 0.542. The Kier molecular flexibility index (Phi) is 5.74. The summed E-state index contributed by atoms with van der Waals surface area (Å²) < 4.78 is 28.6. The Balaban J connectivity index is 1.48. The largest absolute Gasteiger partial charge is 0.206 e. The van der Waals surface area contributed by atoms with Crippen molar-refractivity contribution in [3.63, 3.8) is 0 Å². The molecule has 0 radical (unpaired) electrons. The van der Waals surface area contributed by atoms with Crippen molar-refractivity contribution in [1.29, 1.82) is 5.26 Å². The standard InChI is InChI=1S/C29H21F2NS/c1-2-3-18-10-19-4-5-23(14-25(19)11-18)21-6-7-22-13-24(9-8-20(22)12-21)26-15-27(30)29(33-17-32)28(31)16-26/h4-9,11-16H,2-3,10H2,1H3. The second kappa shape index (κ2) is 8.84. The van der Waals surface area contributed by atoms with Crippen molar-refractivity contribution in [3.05, 3.63) is 95.1 Å². The number of thiocyanates is 1. The van der Waals surface area contributed by atoms with Gasteiger partial charge in [-0.3, -0.25) is 0 Å². The molecule has 4 heteroatoms. The Morgan fingerprint density at radius 2 is 1.42 bits per heavy atom.